The van der Waals surface area contributed by atoms with Crippen molar-refractivity contribution in [3.8, 4) is 0 Å². The van der Waals surface area contributed by atoms with Crippen LogP contribution in [0, 0.1) is 4.64 Å². The van der Waals surface area contributed by atoms with E-state index in [0.29, 0.717) is 15.5 Å². The number of nitrogen functional groups attached to an aromatic ring is 1. The average molecular weight is 204 g/mol. The summed E-state index contributed by atoms with van der Waals surface area (Å²) in [6.07, 6.45) is 1.84. The monoisotopic (exact) mass is 203 g/mol. The number of H-pyrrole nitrogens is 1. The van der Waals surface area contributed by atoms with E-state index in [1.807, 2.05) is 0 Å². The van der Waals surface area contributed by atoms with Gasteiger partial charge in [0, 0.05) is 6.42 Å². The van der Waals surface area contributed by atoms with Crippen LogP contribution in [-0.4, -0.2) is 9.97 Å². The molecule has 3 nitrogen and oxygen atoms in total. The summed E-state index contributed by atoms with van der Waals surface area (Å²) in [5, 5.41) is 0.387. The molecule has 0 spiro atoms. The molecule has 1 rings (SSSR count). The summed E-state index contributed by atoms with van der Waals surface area (Å²) in [5.41, 5.74) is 5.87. The first-order valence-electron chi connectivity index (χ1n) is 3.69. The molecule has 0 amide bonds. The molecular weight excluding hydrogens is 194 g/mol. The topological polar surface area (TPSA) is 54.7 Å². The standard InChI is InChI=1S/C7H10ClN3S/c1-2-3-4-10-6(8)5(9)7(12)11-4/h2-3,9H2,1H3,(H,10,11,12). The van der Waals surface area contributed by atoms with E-state index in [2.05, 4.69) is 16.9 Å². The van der Waals surface area contributed by atoms with E-state index < -0.39 is 0 Å². The van der Waals surface area contributed by atoms with Gasteiger partial charge in [0.25, 0.3) is 0 Å². The molecule has 5 heteroatoms. The van der Waals surface area contributed by atoms with Gasteiger partial charge in [-0.15, -0.1) is 0 Å². The highest BCUT2D eigenvalue weighted by Gasteiger charge is 2.01. The number of nitrogens with two attached hydrogens (primary N) is 1. The molecule has 12 heavy (non-hydrogen) atoms. The Hall–Kier alpha value is -0.610. The Morgan fingerprint density at radius 1 is 1.67 bits per heavy atom. The lowest BCUT2D eigenvalue weighted by molar-refractivity contribution is 0.833. The Labute approximate surface area is 81.0 Å². The number of nitrogens with one attached hydrogen (secondary N) is 1. The fourth-order valence-electron chi connectivity index (χ4n) is 0.854. The minimum Gasteiger partial charge on any atom is -0.394 e. The van der Waals surface area contributed by atoms with Crippen molar-refractivity contribution < 1.29 is 0 Å². The summed E-state index contributed by atoms with van der Waals surface area (Å²) in [7, 11) is 0. The van der Waals surface area contributed by atoms with Crippen LogP contribution in [-0.2, 0) is 6.42 Å². The summed E-state index contributed by atoms with van der Waals surface area (Å²) in [4.78, 5) is 6.95. The predicted octanol–water partition coefficient (Wildman–Crippen LogP) is 2.33. The number of hydrogen-bond donors (Lipinski definition) is 2. The van der Waals surface area contributed by atoms with E-state index in [0.717, 1.165) is 18.7 Å². The number of hydrogen-bond acceptors (Lipinski definition) is 3. The van der Waals surface area contributed by atoms with Gasteiger partial charge in [0.15, 0.2) is 4.64 Å². The third-order valence-corrected chi connectivity index (χ3v) is 2.05. The van der Waals surface area contributed by atoms with E-state index in [-0.39, 0.29) is 0 Å². The second-order valence-corrected chi connectivity index (χ2v) is 3.23. The van der Waals surface area contributed by atoms with Crippen molar-refractivity contribution in [2.24, 2.45) is 0 Å². The number of nitrogens with zero attached hydrogens (tertiary/aromatic N) is 1. The molecule has 1 aromatic rings. The summed E-state index contributed by atoms with van der Waals surface area (Å²) >= 11 is 10.7. The smallest absolute Gasteiger partial charge is 0.154 e. The molecule has 0 aromatic carbocycles. The number of aromatic amines is 1. The van der Waals surface area contributed by atoms with Gasteiger partial charge in [0.05, 0.1) is 0 Å². The number of anilines is 1. The molecule has 0 aliphatic heterocycles. The number of halogens is 1. The van der Waals surface area contributed by atoms with Crippen molar-refractivity contribution >= 4 is 29.5 Å². The van der Waals surface area contributed by atoms with Gasteiger partial charge in [-0.25, -0.2) is 4.98 Å². The third-order valence-electron chi connectivity index (χ3n) is 1.44. The number of aromatic nitrogens is 2. The molecule has 0 radical (unpaired) electrons. The fraction of sp³-hybridized carbons (Fsp3) is 0.429. The molecular formula is C7H10ClN3S. The first-order chi connectivity index (χ1) is 5.65. The quantitative estimate of drug-likeness (QED) is 0.573. The highest BCUT2D eigenvalue weighted by Crippen LogP contribution is 2.15. The van der Waals surface area contributed by atoms with Crippen molar-refractivity contribution in [2.75, 3.05) is 5.73 Å². The van der Waals surface area contributed by atoms with Gasteiger partial charge in [-0.2, -0.15) is 0 Å². The van der Waals surface area contributed by atoms with Gasteiger partial charge in [-0.3, -0.25) is 0 Å². The van der Waals surface area contributed by atoms with Gasteiger partial charge in [0.2, 0.25) is 0 Å². The number of aryl methyl sites for hydroxylation is 1. The lowest BCUT2D eigenvalue weighted by Crippen LogP contribution is -1.99. The molecule has 0 aliphatic carbocycles. The van der Waals surface area contributed by atoms with Crippen LogP contribution in [0.15, 0.2) is 0 Å². The maximum absolute atomic E-state index is 5.77. The van der Waals surface area contributed by atoms with Gasteiger partial charge in [-0.05, 0) is 6.42 Å². The normalized spacial score (nSPS) is 10.2. The Morgan fingerprint density at radius 3 is 2.83 bits per heavy atom. The lowest BCUT2D eigenvalue weighted by atomic mass is 10.3. The molecule has 3 N–H and O–H groups in total. The van der Waals surface area contributed by atoms with E-state index in [1.165, 1.54) is 0 Å². The Balaban J connectivity index is 3.13. The maximum atomic E-state index is 5.77. The Kier molecular flexibility index (Phi) is 3.05. The van der Waals surface area contributed by atoms with Crippen LogP contribution < -0.4 is 5.73 Å². The molecule has 0 atom stereocenters. The van der Waals surface area contributed by atoms with Crippen LogP contribution in [0.2, 0.25) is 5.15 Å². The second kappa shape index (κ2) is 3.87. The van der Waals surface area contributed by atoms with Crippen molar-refractivity contribution in [2.45, 2.75) is 19.8 Å². The maximum Gasteiger partial charge on any atom is 0.154 e. The largest absolute Gasteiger partial charge is 0.394 e. The van der Waals surface area contributed by atoms with Crippen molar-refractivity contribution in [3.63, 3.8) is 0 Å². The van der Waals surface area contributed by atoms with Gasteiger partial charge in [0.1, 0.15) is 16.7 Å². The van der Waals surface area contributed by atoms with Crippen LogP contribution in [0.3, 0.4) is 0 Å². The van der Waals surface area contributed by atoms with Gasteiger partial charge in [-0.1, -0.05) is 30.7 Å². The minimum atomic E-state index is 0.353. The summed E-state index contributed by atoms with van der Waals surface area (Å²) in [6, 6.07) is 0. The highest BCUT2D eigenvalue weighted by atomic mass is 35.5. The summed E-state index contributed by atoms with van der Waals surface area (Å²) in [6.45, 7) is 2.06. The van der Waals surface area contributed by atoms with Crippen LogP contribution in [0.1, 0.15) is 19.2 Å². The van der Waals surface area contributed by atoms with Gasteiger partial charge < -0.3 is 10.7 Å². The molecule has 0 unspecified atom stereocenters. The minimum absolute atomic E-state index is 0.353. The molecule has 0 aliphatic rings. The first kappa shape index (κ1) is 9.48. The average Bonchev–Trinajstić information content (AvgIpc) is 2.01. The van der Waals surface area contributed by atoms with Gasteiger partial charge >= 0.3 is 0 Å². The molecule has 0 bridgehead atoms. The Bertz CT molecular complexity index is 334. The molecule has 0 fully saturated rings. The van der Waals surface area contributed by atoms with E-state index in [4.69, 9.17) is 29.6 Å². The van der Waals surface area contributed by atoms with Crippen LogP contribution in [0.25, 0.3) is 0 Å². The zero-order valence-electron chi connectivity index (χ0n) is 6.72. The predicted molar refractivity (Wildman–Crippen MR) is 52.8 cm³/mol. The van der Waals surface area contributed by atoms with Crippen LogP contribution >= 0.6 is 23.8 Å². The fourth-order valence-corrected chi connectivity index (χ4v) is 1.32. The molecule has 66 valence electrons. The molecule has 1 heterocycles. The molecule has 0 saturated heterocycles. The van der Waals surface area contributed by atoms with E-state index in [9.17, 15) is 0 Å². The van der Waals surface area contributed by atoms with Crippen molar-refractivity contribution in [3.05, 3.63) is 15.6 Å². The second-order valence-electron chi connectivity index (χ2n) is 2.47. The van der Waals surface area contributed by atoms with E-state index in [1.54, 1.807) is 0 Å². The highest BCUT2D eigenvalue weighted by molar-refractivity contribution is 7.71. The summed E-state index contributed by atoms with van der Waals surface area (Å²) in [5.74, 6) is 0.793. The molecule has 0 saturated carbocycles. The van der Waals surface area contributed by atoms with Crippen LogP contribution in [0.4, 0.5) is 5.69 Å². The van der Waals surface area contributed by atoms with E-state index >= 15 is 0 Å². The third kappa shape index (κ3) is 1.95. The van der Waals surface area contributed by atoms with Crippen molar-refractivity contribution in [1.29, 1.82) is 0 Å². The zero-order chi connectivity index (χ0) is 9.14. The van der Waals surface area contributed by atoms with Crippen molar-refractivity contribution in [1.82, 2.24) is 9.97 Å². The lowest BCUT2D eigenvalue weighted by Gasteiger charge is -2.01. The SMILES string of the molecule is CCCc1nc(=S)c(N)c(Cl)[nH]1. The molecule has 1 aromatic heterocycles. The summed E-state index contributed by atoms with van der Waals surface area (Å²) < 4.78 is 0.377. The Morgan fingerprint density at radius 2 is 2.33 bits per heavy atom. The van der Waals surface area contributed by atoms with Crippen LogP contribution in [0.5, 0.6) is 0 Å². The first-order valence-corrected chi connectivity index (χ1v) is 4.48. The number of rotatable bonds is 2. The zero-order valence-corrected chi connectivity index (χ0v) is 8.30.